The minimum absolute atomic E-state index is 0.607. The van der Waals surface area contributed by atoms with Crippen molar-refractivity contribution in [2.45, 2.75) is 6.92 Å². The Balaban J connectivity index is 2.45. The molecule has 0 bridgehead atoms. The summed E-state index contributed by atoms with van der Waals surface area (Å²) in [5.74, 6) is 2.74. The monoisotopic (exact) mass is 250 g/mol. The fourth-order valence-corrected chi connectivity index (χ4v) is 1.77. The second kappa shape index (κ2) is 6.44. The van der Waals surface area contributed by atoms with Crippen molar-refractivity contribution < 1.29 is 4.74 Å². The van der Waals surface area contributed by atoms with Gasteiger partial charge in [0.1, 0.15) is 5.75 Å². The van der Waals surface area contributed by atoms with Gasteiger partial charge in [0.25, 0.3) is 0 Å². The average molecular weight is 251 g/mol. The van der Waals surface area contributed by atoms with Crippen molar-refractivity contribution in [1.29, 1.82) is 0 Å². The van der Waals surface area contributed by atoms with E-state index in [0.29, 0.717) is 22.4 Å². The lowest BCUT2D eigenvalue weighted by molar-refractivity contribution is 0.344. The van der Waals surface area contributed by atoms with Crippen LogP contribution in [0.2, 0.25) is 10.0 Å². The van der Waals surface area contributed by atoms with Crippen LogP contribution in [0.5, 0.6) is 5.75 Å². The van der Waals surface area contributed by atoms with Gasteiger partial charge in [-0.15, -0.1) is 0 Å². The Bertz CT molecular complexity index is 291. The van der Waals surface area contributed by atoms with E-state index >= 15 is 0 Å². The number of hydrogen-bond donors (Lipinski definition) is 0. The fraction of sp³-hybridized carbons (Fsp3) is 0.400. The molecule has 0 saturated heterocycles. The number of benzene rings is 1. The average Bonchev–Trinajstić information content (AvgIpc) is 2.18. The lowest BCUT2D eigenvalue weighted by Gasteiger charge is -2.07. The predicted molar refractivity (Wildman–Crippen MR) is 65.0 cm³/mol. The van der Waals surface area contributed by atoms with Crippen LogP contribution in [-0.4, -0.2) is 18.1 Å². The summed E-state index contributed by atoms with van der Waals surface area (Å²) in [7, 11) is 0. The summed E-state index contributed by atoms with van der Waals surface area (Å²) in [5.41, 5.74) is 0. The first-order valence-electron chi connectivity index (χ1n) is 4.39. The van der Waals surface area contributed by atoms with E-state index < -0.39 is 0 Å². The highest BCUT2D eigenvalue weighted by atomic mass is 35.5. The molecule has 0 saturated carbocycles. The Morgan fingerprint density at radius 2 is 2.14 bits per heavy atom. The van der Waals surface area contributed by atoms with E-state index in [4.69, 9.17) is 27.9 Å². The van der Waals surface area contributed by atoms with Gasteiger partial charge in [-0.25, -0.2) is 0 Å². The molecule has 1 aromatic rings. The van der Waals surface area contributed by atoms with Gasteiger partial charge >= 0.3 is 0 Å². The van der Waals surface area contributed by atoms with Crippen LogP contribution in [0.25, 0.3) is 0 Å². The molecular formula is C10H12Cl2OS. The minimum atomic E-state index is 0.607. The van der Waals surface area contributed by atoms with Gasteiger partial charge < -0.3 is 4.74 Å². The first-order valence-corrected chi connectivity index (χ1v) is 6.30. The van der Waals surface area contributed by atoms with Gasteiger partial charge in [0.2, 0.25) is 0 Å². The van der Waals surface area contributed by atoms with E-state index in [1.54, 1.807) is 18.2 Å². The van der Waals surface area contributed by atoms with Gasteiger partial charge in [0.05, 0.1) is 11.6 Å². The van der Waals surface area contributed by atoms with Crippen molar-refractivity contribution in [3.8, 4) is 5.75 Å². The Kier molecular flexibility index (Phi) is 5.53. The van der Waals surface area contributed by atoms with Crippen molar-refractivity contribution in [3.05, 3.63) is 28.2 Å². The highest BCUT2D eigenvalue weighted by Gasteiger charge is 2.01. The summed E-state index contributed by atoms with van der Waals surface area (Å²) >= 11 is 13.6. The first kappa shape index (κ1) is 12.0. The van der Waals surface area contributed by atoms with Gasteiger partial charge in [-0.3, -0.25) is 0 Å². The molecule has 0 spiro atoms. The van der Waals surface area contributed by atoms with Gasteiger partial charge in [0, 0.05) is 16.8 Å². The zero-order valence-electron chi connectivity index (χ0n) is 7.93. The zero-order valence-corrected chi connectivity index (χ0v) is 10.3. The lowest BCUT2D eigenvalue weighted by Crippen LogP contribution is -2.00. The molecule has 0 aromatic heterocycles. The molecule has 0 amide bonds. The molecule has 78 valence electrons. The van der Waals surface area contributed by atoms with Crippen LogP contribution in [0.15, 0.2) is 18.2 Å². The fourth-order valence-electron chi connectivity index (χ4n) is 0.943. The summed E-state index contributed by atoms with van der Waals surface area (Å²) in [4.78, 5) is 0. The number of ether oxygens (including phenoxy) is 1. The molecule has 1 nitrogen and oxygen atoms in total. The third-order valence-electron chi connectivity index (χ3n) is 1.58. The standard InChI is InChI=1S/C10H12Cl2OS/c1-2-14-6-5-13-10-7-8(11)3-4-9(10)12/h3-4,7H,2,5-6H2,1H3. The Labute approximate surface area is 98.7 Å². The molecule has 0 fully saturated rings. The van der Waals surface area contributed by atoms with Crippen LogP contribution >= 0.6 is 35.0 Å². The molecule has 0 aliphatic heterocycles. The van der Waals surface area contributed by atoms with Crippen LogP contribution in [0.1, 0.15) is 6.92 Å². The van der Waals surface area contributed by atoms with Gasteiger partial charge in [0.15, 0.2) is 0 Å². The van der Waals surface area contributed by atoms with E-state index in [0.717, 1.165) is 11.5 Å². The molecule has 1 rings (SSSR count). The second-order valence-corrected chi connectivity index (χ2v) is 4.86. The molecule has 0 aliphatic rings. The molecule has 1 aromatic carbocycles. The summed E-state index contributed by atoms with van der Waals surface area (Å²) < 4.78 is 5.48. The van der Waals surface area contributed by atoms with Crippen LogP contribution in [-0.2, 0) is 0 Å². The second-order valence-electron chi connectivity index (χ2n) is 2.62. The molecule has 0 N–H and O–H groups in total. The van der Waals surface area contributed by atoms with Crippen molar-refractivity contribution >= 4 is 35.0 Å². The van der Waals surface area contributed by atoms with Crippen molar-refractivity contribution in [1.82, 2.24) is 0 Å². The van der Waals surface area contributed by atoms with Gasteiger partial charge in [-0.05, 0) is 17.9 Å². The highest BCUT2D eigenvalue weighted by Crippen LogP contribution is 2.27. The summed E-state index contributed by atoms with van der Waals surface area (Å²) in [5, 5.41) is 1.25. The van der Waals surface area contributed by atoms with Crippen molar-refractivity contribution in [2.24, 2.45) is 0 Å². The molecule has 0 radical (unpaired) electrons. The van der Waals surface area contributed by atoms with Crippen LogP contribution < -0.4 is 4.74 Å². The summed E-state index contributed by atoms with van der Waals surface area (Å²) in [6.07, 6.45) is 0. The largest absolute Gasteiger partial charge is 0.491 e. The maximum absolute atomic E-state index is 5.92. The SMILES string of the molecule is CCSCCOc1cc(Cl)ccc1Cl. The Morgan fingerprint density at radius 3 is 2.86 bits per heavy atom. The maximum atomic E-state index is 5.92. The predicted octanol–water partition coefficient (Wildman–Crippen LogP) is 4.13. The van der Waals surface area contributed by atoms with E-state index in [-0.39, 0.29) is 0 Å². The topological polar surface area (TPSA) is 9.23 Å². The first-order chi connectivity index (χ1) is 6.74. The number of hydrogen-bond acceptors (Lipinski definition) is 2. The highest BCUT2D eigenvalue weighted by molar-refractivity contribution is 7.99. The van der Waals surface area contributed by atoms with Crippen LogP contribution in [0.4, 0.5) is 0 Å². The van der Waals surface area contributed by atoms with Crippen LogP contribution in [0.3, 0.4) is 0 Å². The minimum Gasteiger partial charge on any atom is -0.491 e. The smallest absolute Gasteiger partial charge is 0.139 e. The summed E-state index contributed by atoms with van der Waals surface area (Å²) in [6, 6.07) is 5.23. The lowest BCUT2D eigenvalue weighted by atomic mass is 10.3. The molecule has 0 aliphatic carbocycles. The van der Waals surface area contributed by atoms with Gasteiger partial charge in [-0.1, -0.05) is 30.1 Å². The number of thioether (sulfide) groups is 1. The van der Waals surface area contributed by atoms with Gasteiger partial charge in [-0.2, -0.15) is 11.8 Å². The molecule has 4 heteroatoms. The summed E-state index contributed by atoms with van der Waals surface area (Å²) in [6.45, 7) is 2.79. The normalized spacial score (nSPS) is 10.2. The maximum Gasteiger partial charge on any atom is 0.139 e. The van der Waals surface area contributed by atoms with Crippen LogP contribution in [0, 0.1) is 0 Å². The molecule has 0 unspecified atom stereocenters. The quantitative estimate of drug-likeness (QED) is 0.728. The molecule has 0 atom stereocenters. The Morgan fingerprint density at radius 1 is 1.36 bits per heavy atom. The number of halogens is 2. The third-order valence-corrected chi connectivity index (χ3v) is 2.99. The van der Waals surface area contributed by atoms with E-state index in [9.17, 15) is 0 Å². The Hall–Kier alpha value is -0.0500. The molecule has 14 heavy (non-hydrogen) atoms. The molecular weight excluding hydrogens is 239 g/mol. The number of rotatable bonds is 5. The third kappa shape index (κ3) is 3.99. The zero-order chi connectivity index (χ0) is 10.4. The van der Waals surface area contributed by atoms with Crippen molar-refractivity contribution in [2.75, 3.05) is 18.1 Å². The van der Waals surface area contributed by atoms with Crippen molar-refractivity contribution in [3.63, 3.8) is 0 Å². The van der Waals surface area contributed by atoms with E-state index in [1.807, 2.05) is 11.8 Å². The molecule has 0 heterocycles. The van der Waals surface area contributed by atoms with E-state index in [1.165, 1.54) is 0 Å². The van der Waals surface area contributed by atoms with E-state index in [2.05, 4.69) is 6.92 Å².